The monoisotopic (exact) mass is 379 g/mol. The average molecular weight is 379 g/mol. The number of piperidine rings is 1. The third kappa shape index (κ3) is 5.39. The first-order valence-corrected chi connectivity index (χ1v) is 9.17. The summed E-state index contributed by atoms with van der Waals surface area (Å²) in [5, 5.41) is 3.59. The van der Waals surface area contributed by atoms with E-state index in [2.05, 4.69) is 22.2 Å². The van der Waals surface area contributed by atoms with Gasteiger partial charge in [-0.2, -0.15) is 0 Å². The molecule has 1 heterocycles. The second kappa shape index (κ2) is 8.65. The van der Waals surface area contributed by atoms with Crippen LogP contribution in [0.15, 0.2) is 48.5 Å². The molecular formula is C21H24F3NO2. The summed E-state index contributed by atoms with van der Waals surface area (Å²) in [6.45, 7) is 0.980. The Morgan fingerprint density at radius 1 is 1.11 bits per heavy atom. The van der Waals surface area contributed by atoms with Crippen molar-refractivity contribution in [1.29, 1.82) is 0 Å². The van der Waals surface area contributed by atoms with Gasteiger partial charge in [0, 0.05) is 6.04 Å². The van der Waals surface area contributed by atoms with Gasteiger partial charge in [-0.3, -0.25) is 0 Å². The minimum absolute atomic E-state index is 0.209. The van der Waals surface area contributed by atoms with Crippen LogP contribution in [0.4, 0.5) is 13.2 Å². The smallest absolute Gasteiger partial charge is 0.496 e. The molecule has 2 aromatic rings. The predicted octanol–water partition coefficient (Wildman–Crippen LogP) is 5.27. The highest BCUT2D eigenvalue weighted by atomic mass is 19.4. The van der Waals surface area contributed by atoms with Crippen molar-refractivity contribution in [2.45, 2.75) is 38.1 Å². The summed E-state index contributed by atoms with van der Waals surface area (Å²) in [7, 11) is 1.53. The predicted molar refractivity (Wildman–Crippen MR) is 97.9 cm³/mol. The number of halogens is 3. The fourth-order valence-corrected chi connectivity index (χ4v) is 3.80. The van der Waals surface area contributed by atoms with Gasteiger partial charge < -0.3 is 14.8 Å². The Morgan fingerprint density at radius 3 is 2.59 bits per heavy atom. The molecular weight excluding hydrogens is 355 g/mol. The highest BCUT2D eigenvalue weighted by molar-refractivity contribution is 5.40. The summed E-state index contributed by atoms with van der Waals surface area (Å²) >= 11 is 0. The molecule has 1 N–H and O–H groups in total. The van der Waals surface area contributed by atoms with Crippen molar-refractivity contribution in [3.63, 3.8) is 0 Å². The molecule has 1 aliphatic heterocycles. The largest absolute Gasteiger partial charge is 0.573 e. The van der Waals surface area contributed by atoms with Gasteiger partial charge >= 0.3 is 6.36 Å². The van der Waals surface area contributed by atoms with E-state index in [9.17, 15) is 13.2 Å². The van der Waals surface area contributed by atoms with E-state index in [1.165, 1.54) is 30.9 Å². The fourth-order valence-electron chi connectivity index (χ4n) is 3.80. The van der Waals surface area contributed by atoms with Crippen LogP contribution in [-0.2, 0) is 6.42 Å². The zero-order valence-electron chi connectivity index (χ0n) is 15.3. The van der Waals surface area contributed by atoms with E-state index >= 15 is 0 Å². The molecule has 0 unspecified atom stereocenters. The first-order chi connectivity index (χ1) is 13.0. The Morgan fingerprint density at radius 2 is 1.89 bits per heavy atom. The minimum atomic E-state index is -4.70. The number of hydrogen-bond acceptors (Lipinski definition) is 3. The van der Waals surface area contributed by atoms with E-state index in [1.54, 1.807) is 0 Å². The Labute approximate surface area is 157 Å². The van der Waals surface area contributed by atoms with Gasteiger partial charge in [0.2, 0.25) is 0 Å². The van der Waals surface area contributed by atoms with Crippen LogP contribution in [0.25, 0.3) is 0 Å². The maximum atomic E-state index is 12.5. The normalized spacial score (nSPS) is 20.3. The first kappa shape index (κ1) is 19.5. The molecule has 1 saturated heterocycles. The fraction of sp³-hybridized carbons (Fsp3) is 0.429. The molecule has 0 aliphatic carbocycles. The van der Waals surface area contributed by atoms with Crippen LogP contribution in [0.1, 0.15) is 36.4 Å². The first-order valence-electron chi connectivity index (χ1n) is 9.17. The molecule has 0 amide bonds. The number of ether oxygens (including phenoxy) is 2. The molecule has 0 spiro atoms. The van der Waals surface area contributed by atoms with Crippen LogP contribution in [0.5, 0.6) is 11.5 Å². The summed E-state index contributed by atoms with van der Waals surface area (Å²) in [6, 6.07) is 14.8. The van der Waals surface area contributed by atoms with Crippen molar-refractivity contribution in [3.8, 4) is 11.5 Å². The van der Waals surface area contributed by atoms with Crippen molar-refractivity contribution in [2.24, 2.45) is 5.92 Å². The third-order valence-electron chi connectivity index (χ3n) is 5.02. The van der Waals surface area contributed by atoms with Crippen LogP contribution in [0, 0.1) is 5.92 Å². The summed E-state index contributed by atoms with van der Waals surface area (Å²) in [4.78, 5) is 0. The lowest BCUT2D eigenvalue weighted by molar-refractivity contribution is -0.274. The number of benzene rings is 2. The second-order valence-electron chi connectivity index (χ2n) is 6.80. The van der Waals surface area contributed by atoms with Crippen LogP contribution >= 0.6 is 0 Å². The minimum Gasteiger partial charge on any atom is -0.496 e. The summed E-state index contributed by atoms with van der Waals surface area (Å²) < 4.78 is 46.9. The topological polar surface area (TPSA) is 30.5 Å². The molecule has 1 fully saturated rings. The molecule has 1 aliphatic rings. The lowest BCUT2D eigenvalue weighted by atomic mass is 9.82. The second-order valence-corrected chi connectivity index (χ2v) is 6.80. The lowest BCUT2D eigenvalue weighted by Crippen LogP contribution is -2.34. The van der Waals surface area contributed by atoms with Gasteiger partial charge in [-0.1, -0.05) is 30.3 Å². The quantitative estimate of drug-likeness (QED) is 0.742. The standard InChI is InChI=1S/C21H24F3NO2/c1-26-19-12-11-18(27-21(22,23)24)14-17(19)10-9-16-8-5-13-25-20(16)15-6-3-2-4-7-15/h2-4,6-7,11-12,14,16,20,25H,5,8-10,13H2,1H3/t16-,20+/m1/s1. The van der Waals surface area contributed by atoms with Crippen molar-refractivity contribution in [3.05, 3.63) is 59.7 Å². The van der Waals surface area contributed by atoms with E-state index in [1.807, 2.05) is 18.2 Å². The van der Waals surface area contributed by atoms with Gasteiger partial charge in [0.1, 0.15) is 11.5 Å². The molecule has 3 nitrogen and oxygen atoms in total. The maximum absolute atomic E-state index is 12.5. The van der Waals surface area contributed by atoms with Gasteiger partial charge in [-0.25, -0.2) is 0 Å². The molecule has 6 heteroatoms. The van der Waals surface area contributed by atoms with Gasteiger partial charge in [-0.05, 0) is 67.5 Å². The SMILES string of the molecule is COc1ccc(OC(F)(F)F)cc1CC[C@H]1CCCN[C@H]1c1ccccc1. The number of hydrogen-bond donors (Lipinski definition) is 1. The molecule has 146 valence electrons. The average Bonchev–Trinajstić information content (AvgIpc) is 2.66. The number of rotatable bonds is 6. The van der Waals surface area contributed by atoms with Gasteiger partial charge in [0.15, 0.2) is 0 Å². The highest BCUT2D eigenvalue weighted by Crippen LogP contribution is 2.35. The van der Waals surface area contributed by atoms with Crippen molar-refractivity contribution in [2.75, 3.05) is 13.7 Å². The van der Waals surface area contributed by atoms with E-state index in [0.29, 0.717) is 18.1 Å². The Hall–Kier alpha value is -2.21. The summed E-state index contributed by atoms with van der Waals surface area (Å²) in [5.74, 6) is 0.794. The Bertz CT molecular complexity index is 734. The molecule has 0 aromatic heterocycles. The molecule has 2 aromatic carbocycles. The van der Waals surface area contributed by atoms with E-state index in [-0.39, 0.29) is 11.8 Å². The maximum Gasteiger partial charge on any atom is 0.573 e. The summed E-state index contributed by atoms with van der Waals surface area (Å²) in [6.07, 6.45) is -1.01. The molecule has 0 radical (unpaired) electrons. The number of aryl methyl sites for hydroxylation is 1. The van der Waals surface area contributed by atoms with Crippen molar-refractivity contribution in [1.82, 2.24) is 5.32 Å². The Balaban J connectivity index is 1.73. The zero-order chi connectivity index (χ0) is 19.3. The van der Waals surface area contributed by atoms with Gasteiger partial charge in [-0.15, -0.1) is 13.2 Å². The van der Waals surface area contributed by atoms with E-state index in [0.717, 1.165) is 31.4 Å². The van der Waals surface area contributed by atoms with Crippen LogP contribution < -0.4 is 14.8 Å². The van der Waals surface area contributed by atoms with Crippen LogP contribution in [0.3, 0.4) is 0 Å². The number of alkyl halides is 3. The molecule has 0 saturated carbocycles. The molecule has 0 bridgehead atoms. The number of methoxy groups -OCH3 is 1. The lowest BCUT2D eigenvalue weighted by Gasteiger charge is -2.33. The Kier molecular flexibility index (Phi) is 6.26. The highest BCUT2D eigenvalue weighted by Gasteiger charge is 2.31. The molecule has 2 atom stereocenters. The van der Waals surface area contributed by atoms with Crippen LogP contribution in [0.2, 0.25) is 0 Å². The number of nitrogens with one attached hydrogen (secondary N) is 1. The third-order valence-corrected chi connectivity index (χ3v) is 5.02. The van der Waals surface area contributed by atoms with E-state index in [4.69, 9.17) is 4.74 Å². The zero-order valence-corrected chi connectivity index (χ0v) is 15.3. The van der Waals surface area contributed by atoms with Crippen molar-refractivity contribution < 1.29 is 22.6 Å². The summed E-state index contributed by atoms with van der Waals surface area (Å²) in [5.41, 5.74) is 1.99. The molecule has 27 heavy (non-hydrogen) atoms. The van der Waals surface area contributed by atoms with Crippen molar-refractivity contribution >= 4 is 0 Å². The van der Waals surface area contributed by atoms with Gasteiger partial charge in [0.05, 0.1) is 7.11 Å². The van der Waals surface area contributed by atoms with Gasteiger partial charge in [0.25, 0.3) is 0 Å². The van der Waals surface area contributed by atoms with E-state index < -0.39 is 6.36 Å². The molecule has 3 rings (SSSR count). The van der Waals surface area contributed by atoms with Crippen LogP contribution in [-0.4, -0.2) is 20.0 Å².